The van der Waals surface area contributed by atoms with Crippen molar-refractivity contribution in [3.05, 3.63) is 18.1 Å². The second-order valence-corrected chi connectivity index (χ2v) is 5.52. The molecule has 0 aliphatic heterocycles. The average molecular weight is 280 g/mol. The summed E-state index contributed by atoms with van der Waals surface area (Å²) in [4.78, 5) is 8.61. The first-order valence-electron chi connectivity index (χ1n) is 7.03. The van der Waals surface area contributed by atoms with E-state index in [1.165, 1.54) is 6.42 Å². The van der Waals surface area contributed by atoms with Crippen LogP contribution in [0.5, 0.6) is 5.88 Å². The molecule has 6 heteroatoms. The first-order chi connectivity index (χ1) is 9.66. The Balaban J connectivity index is 2.38. The maximum atomic E-state index is 5.89. The summed E-state index contributed by atoms with van der Waals surface area (Å²) in [5.74, 6) is 6.90. The Morgan fingerprint density at radius 2 is 2.15 bits per heavy atom. The van der Waals surface area contributed by atoms with E-state index in [1.54, 1.807) is 26.6 Å². The molecule has 0 radical (unpaired) electrons. The molecule has 1 saturated carbocycles. The Bertz CT molecular complexity index is 443. The molecule has 20 heavy (non-hydrogen) atoms. The predicted molar refractivity (Wildman–Crippen MR) is 76.0 cm³/mol. The van der Waals surface area contributed by atoms with E-state index in [1.807, 2.05) is 0 Å². The normalized spacial score (nSPS) is 28.1. The number of nitrogens with zero attached hydrogens (tertiary/aromatic N) is 2. The van der Waals surface area contributed by atoms with Gasteiger partial charge in [0, 0.05) is 19.5 Å². The van der Waals surface area contributed by atoms with Crippen molar-refractivity contribution in [2.75, 3.05) is 14.2 Å². The third-order valence-electron chi connectivity index (χ3n) is 4.25. The van der Waals surface area contributed by atoms with Crippen LogP contribution >= 0.6 is 0 Å². The third-order valence-corrected chi connectivity index (χ3v) is 4.25. The second kappa shape index (κ2) is 6.47. The zero-order valence-electron chi connectivity index (χ0n) is 12.4. The molecule has 0 spiro atoms. The maximum Gasteiger partial charge on any atom is 0.237 e. The Morgan fingerprint density at radius 3 is 2.75 bits per heavy atom. The van der Waals surface area contributed by atoms with Crippen LogP contribution in [0.3, 0.4) is 0 Å². The van der Waals surface area contributed by atoms with Crippen LogP contribution in [-0.2, 0) is 4.74 Å². The lowest BCUT2D eigenvalue weighted by Crippen LogP contribution is -2.51. The van der Waals surface area contributed by atoms with E-state index < -0.39 is 0 Å². The van der Waals surface area contributed by atoms with Crippen molar-refractivity contribution >= 4 is 0 Å². The minimum absolute atomic E-state index is 0.237. The first-order valence-corrected chi connectivity index (χ1v) is 7.03. The van der Waals surface area contributed by atoms with E-state index in [4.69, 9.17) is 15.3 Å². The molecule has 112 valence electrons. The maximum absolute atomic E-state index is 5.89. The van der Waals surface area contributed by atoms with E-state index in [2.05, 4.69) is 22.3 Å². The van der Waals surface area contributed by atoms with Crippen molar-refractivity contribution in [3.63, 3.8) is 0 Å². The van der Waals surface area contributed by atoms with Crippen LogP contribution in [0.25, 0.3) is 0 Å². The van der Waals surface area contributed by atoms with Gasteiger partial charge in [-0.2, -0.15) is 0 Å². The molecule has 0 saturated heterocycles. The number of nitrogens with one attached hydrogen (secondary N) is 1. The molecular formula is C14H24N4O2. The van der Waals surface area contributed by atoms with E-state index in [0.717, 1.165) is 19.3 Å². The number of nitrogens with two attached hydrogens (primary N) is 1. The summed E-state index contributed by atoms with van der Waals surface area (Å²) >= 11 is 0. The van der Waals surface area contributed by atoms with Gasteiger partial charge in [-0.05, 0) is 18.8 Å². The average Bonchev–Trinajstić information content (AvgIpc) is 2.48. The van der Waals surface area contributed by atoms with Gasteiger partial charge in [-0.25, -0.2) is 10.4 Å². The summed E-state index contributed by atoms with van der Waals surface area (Å²) in [6, 6.07) is -0.237. The highest BCUT2D eigenvalue weighted by Gasteiger charge is 2.44. The van der Waals surface area contributed by atoms with Crippen molar-refractivity contribution in [2.24, 2.45) is 11.8 Å². The molecule has 2 rings (SSSR count). The molecule has 0 bridgehead atoms. The van der Waals surface area contributed by atoms with Crippen LogP contribution in [0.15, 0.2) is 12.4 Å². The van der Waals surface area contributed by atoms with Gasteiger partial charge in [0.2, 0.25) is 5.88 Å². The molecular weight excluding hydrogens is 256 g/mol. The molecule has 3 N–H and O–H groups in total. The Morgan fingerprint density at radius 1 is 1.40 bits per heavy atom. The van der Waals surface area contributed by atoms with Crippen molar-refractivity contribution in [1.29, 1.82) is 0 Å². The van der Waals surface area contributed by atoms with Gasteiger partial charge in [0.05, 0.1) is 18.8 Å². The number of rotatable bonds is 5. The summed E-state index contributed by atoms with van der Waals surface area (Å²) in [6.45, 7) is 2.24. The van der Waals surface area contributed by atoms with Crippen LogP contribution in [0.1, 0.15) is 44.3 Å². The molecule has 3 unspecified atom stereocenters. The number of hydrazine groups is 1. The highest BCUT2D eigenvalue weighted by molar-refractivity contribution is 5.24. The fourth-order valence-electron chi connectivity index (χ4n) is 3.28. The van der Waals surface area contributed by atoms with Gasteiger partial charge in [-0.3, -0.25) is 10.8 Å². The van der Waals surface area contributed by atoms with E-state index >= 15 is 0 Å². The number of aromatic nitrogens is 2. The third kappa shape index (κ3) is 2.77. The number of hydrogen-bond donors (Lipinski definition) is 2. The minimum Gasteiger partial charge on any atom is -0.480 e. The van der Waals surface area contributed by atoms with Gasteiger partial charge >= 0.3 is 0 Å². The molecule has 1 aromatic rings. The van der Waals surface area contributed by atoms with E-state index in [9.17, 15) is 0 Å². The molecule has 6 nitrogen and oxygen atoms in total. The lowest BCUT2D eigenvalue weighted by molar-refractivity contribution is -0.0820. The van der Waals surface area contributed by atoms with Gasteiger partial charge in [-0.15, -0.1) is 0 Å². The summed E-state index contributed by atoms with van der Waals surface area (Å²) in [5.41, 5.74) is 3.20. The van der Waals surface area contributed by atoms with Crippen LogP contribution in [0, 0.1) is 5.92 Å². The van der Waals surface area contributed by atoms with Gasteiger partial charge in [0.1, 0.15) is 5.69 Å². The van der Waals surface area contributed by atoms with Gasteiger partial charge in [0.15, 0.2) is 0 Å². The smallest absolute Gasteiger partial charge is 0.237 e. The molecule has 1 fully saturated rings. The predicted octanol–water partition coefficient (Wildman–Crippen LogP) is 1.58. The lowest BCUT2D eigenvalue weighted by Gasteiger charge is -2.43. The molecule has 1 aliphatic rings. The largest absolute Gasteiger partial charge is 0.480 e. The first kappa shape index (κ1) is 15.2. The SMILES string of the molecule is COc1nccnc1C(NN)C1(OC)CCCC(C)C1. The molecule has 0 amide bonds. The quantitative estimate of drug-likeness (QED) is 0.629. The van der Waals surface area contributed by atoms with Crippen LogP contribution in [0.4, 0.5) is 0 Å². The Kier molecular flexibility index (Phi) is 4.91. The van der Waals surface area contributed by atoms with Crippen LogP contribution < -0.4 is 16.0 Å². The molecule has 0 aromatic carbocycles. The second-order valence-electron chi connectivity index (χ2n) is 5.52. The van der Waals surface area contributed by atoms with Crippen LogP contribution in [-0.4, -0.2) is 29.8 Å². The monoisotopic (exact) mass is 280 g/mol. The molecule has 1 aliphatic carbocycles. The fraction of sp³-hybridized carbons (Fsp3) is 0.714. The Labute approximate surface area is 120 Å². The fourth-order valence-corrected chi connectivity index (χ4v) is 3.28. The Hall–Kier alpha value is -1.24. The summed E-state index contributed by atoms with van der Waals surface area (Å²) in [7, 11) is 3.33. The zero-order chi connectivity index (χ0) is 14.6. The zero-order valence-corrected chi connectivity index (χ0v) is 12.4. The van der Waals surface area contributed by atoms with E-state index in [-0.39, 0.29) is 11.6 Å². The summed E-state index contributed by atoms with van der Waals surface area (Å²) in [6.07, 6.45) is 7.49. The van der Waals surface area contributed by atoms with Gasteiger partial charge in [0.25, 0.3) is 0 Å². The van der Waals surface area contributed by atoms with Crippen molar-refractivity contribution in [2.45, 2.75) is 44.2 Å². The number of hydrogen-bond acceptors (Lipinski definition) is 6. The topological polar surface area (TPSA) is 82.3 Å². The van der Waals surface area contributed by atoms with Crippen molar-refractivity contribution in [3.8, 4) is 5.88 Å². The van der Waals surface area contributed by atoms with Crippen LogP contribution in [0.2, 0.25) is 0 Å². The van der Waals surface area contributed by atoms with Gasteiger partial charge in [-0.1, -0.05) is 19.8 Å². The lowest BCUT2D eigenvalue weighted by atomic mass is 9.74. The molecule has 1 aromatic heterocycles. The minimum atomic E-state index is -0.365. The highest BCUT2D eigenvalue weighted by atomic mass is 16.5. The number of ether oxygens (including phenoxy) is 2. The van der Waals surface area contributed by atoms with E-state index in [0.29, 0.717) is 17.5 Å². The highest BCUT2D eigenvalue weighted by Crippen LogP contribution is 2.43. The van der Waals surface area contributed by atoms with Crippen molar-refractivity contribution < 1.29 is 9.47 Å². The molecule has 1 heterocycles. The summed E-state index contributed by atoms with van der Waals surface area (Å²) < 4.78 is 11.2. The molecule has 3 atom stereocenters. The number of methoxy groups -OCH3 is 2. The summed E-state index contributed by atoms with van der Waals surface area (Å²) in [5, 5.41) is 0. The van der Waals surface area contributed by atoms with Gasteiger partial charge < -0.3 is 9.47 Å². The standard InChI is InChI=1S/C14H24N4O2/c1-10-5-4-6-14(9-10,20-3)12(18-15)11-13(19-2)17-8-7-16-11/h7-8,10,12,18H,4-6,9,15H2,1-3H3. The van der Waals surface area contributed by atoms with Crippen molar-refractivity contribution in [1.82, 2.24) is 15.4 Å².